The van der Waals surface area contributed by atoms with Gasteiger partial charge in [-0.2, -0.15) is 0 Å². The Morgan fingerprint density at radius 3 is 2.80 bits per heavy atom. The highest BCUT2D eigenvalue weighted by atomic mass is 16.3. The van der Waals surface area contributed by atoms with Crippen LogP contribution in [0.4, 0.5) is 5.69 Å². The van der Waals surface area contributed by atoms with E-state index in [1.54, 1.807) is 24.3 Å². The average Bonchev–Trinajstić information content (AvgIpc) is 2.81. The van der Waals surface area contributed by atoms with E-state index < -0.39 is 0 Å². The molecule has 5 nitrogen and oxygen atoms in total. The number of hydrogen-bond donors (Lipinski definition) is 3. The van der Waals surface area contributed by atoms with E-state index in [1.807, 2.05) is 0 Å². The van der Waals surface area contributed by atoms with Crippen LogP contribution in [0.25, 0.3) is 0 Å². The van der Waals surface area contributed by atoms with Crippen LogP contribution in [-0.4, -0.2) is 29.6 Å². The highest BCUT2D eigenvalue weighted by molar-refractivity contribution is 5.96. The van der Waals surface area contributed by atoms with Crippen molar-refractivity contribution in [1.82, 2.24) is 5.32 Å². The molecule has 1 aliphatic rings. The van der Waals surface area contributed by atoms with Crippen LogP contribution in [0.3, 0.4) is 0 Å². The van der Waals surface area contributed by atoms with Crippen molar-refractivity contribution in [3.05, 3.63) is 29.8 Å². The van der Waals surface area contributed by atoms with Crippen LogP contribution in [0.5, 0.6) is 0 Å². The first-order chi connectivity index (χ1) is 9.56. The minimum atomic E-state index is -0.305. The molecule has 0 radical (unpaired) electrons. The number of rotatable bonds is 4. The molecule has 0 aromatic heterocycles. The summed E-state index contributed by atoms with van der Waals surface area (Å²) in [4.78, 5) is 23.0. The van der Waals surface area contributed by atoms with Crippen LogP contribution in [0.15, 0.2) is 24.3 Å². The third-order valence-electron chi connectivity index (χ3n) is 3.59. The minimum Gasteiger partial charge on any atom is -0.393 e. The van der Waals surface area contributed by atoms with Crippen LogP contribution in [0.2, 0.25) is 0 Å². The molecule has 0 bridgehead atoms. The molecule has 20 heavy (non-hydrogen) atoms. The van der Waals surface area contributed by atoms with Gasteiger partial charge < -0.3 is 15.7 Å². The number of aliphatic hydroxyl groups excluding tert-OH is 1. The fourth-order valence-electron chi connectivity index (χ4n) is 2.52. The number of amides is 2. The molecule has 5 heteroatoms. The molecule has 2 rings (SSSR count). The highest BCUT2D eigenvalue weighted by Crippen LogP contribution is 2.24. The third kappa shape index (κ3) is 3.81. The SMILES string of the molecule is CC(=O)Nc1cccc(C(=O)NCC2CCCC2O)c1. The molecule has 0 saturated heterocycles. The van der Waals surface area contributed by atoms with E-state index in [9.17, 15) is 14.7 Å². The van der Waals surface area contributed by atoms with Crippen molar-refractivity contribution in [3.8, 4) is 0 Å². The number of hydrogen-bond acceptors (Lipinski definition) is 3. The molecule has 1 saturated carbocycles. The van der Waals surface area contributed by atoms with Crippen molar-refractivity contribution in [1.29, 1.82) is 0 Å². The summed E-state index contributed by atoms with van der Waals surface area (Å²) in [6, 6.07) is 6.80. The minimum absolute atomic E-state index is 0.150. The second-order valence-corrected chi connectivity index (χ2v) is 5.23. The summed E-state index contributed by atoms with van der Waals surface area (Å²) in [5, 5.41) is 15.2. The Bertz CT molecular complexity index is 502. The van der Waals surface area contributed by atoms with Gasteiger partial charge in [-0.1, -0.05) is 12.5 Å². The van der Waals surface area contributed by atoms with Gasteiger partial charge in [0.1, 0.15) is 0 Å². The molecule has 2 unspecified atom stereocenters. The van der Waals surface area contributed by atoms with Crippen LogP contribution in [0.1, 0.15) is 36.5 Å². The van der Waals surface area contributed by atoms with Crippen molar-refractivity contribution < 1.29 is 14.7 Å². The lowest BCUT2D eigenvalue weighted by Crippen LogP contribution is -2.32. The number of carbonyl (C=O) groups is 2. The summed E-state index contributed by atoms with van der Waals surface area (Å²) < 4.78 is 0. The van der Waals surface area contributed by atoms with Crippen LogP contribution >= 0.6 is 0 Å². The van der Waals surface area contributed by atoms with Gasteiger partial charge >= 0.3 is 0 Å². The van der Waals surface area contributed by atoms with Gasteiger partial charge in [-0.3, -0.25) is 9.59 Å². The van der Waals surface area contributed by atoms with E-state index in [-0.39, 0.29) is 23.8 Å². The maximum atomic E-state index is 12.0. The molecule has 2 amide bonds. The predicted molar refractivity (Wildman–Crippen MR) is 76.4 cm³/mol. The largest absolute Gasteiger partial charge is 0.393 e. The lowest BCUT2D eigenvalue weighted by atomic mass is 10.1. The van der Waals surface area contributed by atoms with E-state index in [0.29, 0.717) is 17.8 Å². The number of benzene rings is 1. The molecule has 0 spiro atoms. The lowest BCUT2D eigenvalue weighted by molar-refractivity contribution is -0.114. The van der Waals surface area contributed by atoms with Gasteiger partial charge in [-0.05, 0) is 31.0 Å². The van der Waals surface area contributed by atoms with Gasteiger partial charge in [-0.15, -0.1) is 0 Å². The van der Waals surface area contributed by atoms with Crippen molar-refractivity contribution in [2.45, 2.75) is 32.3 Å². The zero-order chi connectivity index (χ0) is 14.5. The van der Waals surface area contributed by atoms with E-state index in [4.69, 9.17) is 0 Å². The van der Waals surface area contributed by atoms with Gasteiger partial charge in [0.25, 0.3) is 5.91 Å². The summed E-state index contributed by atoms with van der Waals surface area (Å²) in [6.07, 6.45) is 2.48. The summed E-state index contributed by atoms with van der Waals surface area (Å²) in [5.41, 5.74) is 1.11. The smallest absolute Gasteiger partial charge is 0.251 e. The third-order valence-corrected chi connectivity index (χ3v) is 3.59. The van der Waals surface area contributed by atoms with Crippen molar-refractivity contribution in [3.63, 3.8) is 0 Å². The molecule has 1 aromatic carbocycles. The first kappa shape index (κ1) is 14.5. The average molecular weight is 276 g/mol. The second-order valence-electron chi connectivity index (χ2n) is 5.23. The normalized spacial score (nSPS) is 21.5. The Morgan fingerprint density at radius 1 is 1.35 bits per heavy atom. The fourth-order valence-corrected chi connectivity index (χ4v) is 2.52. The Hall–Kier alpha value is -1.88. The van der Waals surface area contributed by atoms with E-state index in [1.165, 1.54) is 6.92 Å². The zero-order valence-corrected chi connectivity index (χ0v) is 11.6. The number of nitrogens with one attached hydrogen (secondary N) is 2. The maximum absolute atomic E-state index is 12.0. The maximum Gasteiger partial charge on any atom is 0.251 e. The van der Waals surface area contributed by atoms with Crippen molar-refractivity contribution in [2.24, 2.45) is 5.92 Å². The van der Waals surface area contributed by atoms with Crippen molar-refractivity contribution in [2.75, 3.05) is 11.9 Å². The summed E-state index contributed by atoms with van der Waals surface area (Å²) in [7, 11) is 0. The summed E-state index contributed by atoms with van der Waals surface area (Å²) in [5.74, 6) is -0.203. The topological polar surface area (TPSA) is 78.4 Å². The zero-order valence-electron chi connectivity index (χ0n) is 11.6. The van der Waals surface area contributed by atoms with E-state index in [0.717, 1.165) is 19.3 Å². The van der Waals surface area contributed by atoms with Crippen LogP contribution in [0, 0.1) is 5.92 Å². The Balaban J connectivity index is 1.93. The fraction of sp³-hybridized carbons (Fsp3) is 0.467. The first-order valence-electron chi connectivity index (χ1n) is 6.90. The summed E-state index contributed by atoms with van der Waals surface area (Å²) in [6.45, 7) is 1.92. The van der Waals surface area contributed by atoms with Gasteiger partial charge in [0.05, 0.1) is 6.10 Å². The summed E-state index contributed by atoms with van der Waals surface area (Å²) >= 11 is 0. The quantitative estimate of drug-likeness (QED) is 0.780. The van der Waals surface area contributed by atoms with Crippen molar-refractivity contribution >= 4 is 17.5 Å². The monoisotopic (exact) mass is 276 g/mol. The standard InChI is InChI=1S/C15H20N2O3/c1-10(18)17-13-6-2-4-11(8-13)15(20)16-9-12-5-3-7-14(12)19/h2,4,6,8,12,14,19H,3,5,7,9H2,1H3,(H,16,20)(H,17,18). The van der Waals surface area contributed by atoms with Crippen LogP contribution in [-0.2, 0) is 4.79 Å². The van der Waals surface area contributed by atoms with Gasteiger partial charge in [0.2, 0.25) is 5.91 Å². The predicted octanol–water partition coefficient (Wildman–Crippen LogP) is 1.54. The molecule has 3 N–H and O–H groups in total. The van der Waals surface area contributed by atoms with Gasteiger partial charge in [0.15, 0.2) is 0 Å². The number of carbonyl (C=O) groups excluding carboxylic acids is 2. The molecule has 0 heterocycles. The van der Waals surface area contributed by atoms with Gasteiger partial charge in [0, 0.05) is 30.6 Å². The Kier molecular flexibility index (Phi) is 4.74. The molecule has 1 aliphatic carbocycles. The lowest BCUT2D eigenvalue weighted by Gasteiger charge is -2.15. The van der Waals surface area contributed by atoms with E-state index in [2.05, 4.69) is 10.6 Å². The van der Waals surface area contributed by atoms with Gasteiger partial charge in [-0.25, -0.2) is 0 Å². The molecule has 2 atom stereocenters. The number of anilines is 1. The van der Waals surface area contributed by atoms with E-state index >= 15 is 0 Å². The molecule has 0 aliphatic heterocycles. The molecular weight excluding hydrogens is 256 g/mol. The molecule has 1 fully saturated rings. The Labute approximate surface area is 118 Å². The molecule has 108 valence electrons. The molecule has 1 aromatic rings. The first-order valence-corrected chi connectivity index (χ1v) is 6.90. The highest BCUT2D eigenvalue weighted by Gasteiger charge is 2.25. The molecular formula is C15H20N2O3. The van der Waals surface area contributed by atoms with Crippen LogP contribution < -0.4 is 10.6 Å². The number of aliphatic hydroxyl groups is 1. The second kappa shape index (κ2) is 6.52. The Morgan fingerprint density at radius 2 is 2.15 bits per heavy atom.